The highest BCUT2D eigenvalue weighted by Gasteiger charge is 2.35. The maximum Gasteiger partial charge on any atom is 0.328 e. The number of hydrogen-bond acceptors (Lipinski definition) is 4. The largest absolute Gasteiger partial charge is 0.458 e. The summed E-state index contributed by atoms with van der Waals surface area (Å²) in [6.45, 7) is 13.3. The number of likely N-dealkylation sites (tertiary alicyclic amines) is 1. The first-order valence-electron chi connectivity index (χ1n) is 7.83. The fourth-order valence-electron chi connectivity index (χ4n) is 2.90. The predicted molar refractivity (Wildman–Crippen MR) is 82.9 cm³/mol. The van der Waals surface area contributed by atoms with Crippen LogP contribution in [0.25, 0.3) is 0 Å². The van der Waals surface area contributed by atoms with Gasteiger partial charge in [0.15, 0.2) is 0 Å². The molecular formula is C16H30N2O3. The summed E-state index contributed by atoms with van der Waals surface area (Å²) in [6, 6.07) is -0.0649. The van der Waals surface area contributed by atoms with Crippen molar-refractivity contribution < 1.29 is 14.3 Å². The van der Waals surface area contributed by atoms with Gasteiger partial charge in [-0.05, 0) is 61.3 Å². The third kappa shape index (κ3) is 4.99. The van der Waals surface area contributed by atoms with Gasteiger partial charge in [0, 0.05) is 12.1 Å². The Bertz CT molecular complexity index is 379. The van der Waals surface area contributed by atoms with Crippen molar-refractivity contribution in [3.05, 3.63) is 0 Å². The zero-order valence-electron chi connectivity index (χ0n) is 14.4. The van der Waals surface area contributed by atoms with E-state index in [1.807, 2.05) is 27.7 Å². The number of carbonyl (C=O) groups excluding carboxylic acids is 2. The Morgan fingerprint density at radius 3 is 2.05 bits per heavy atom. The van der Waals surface area contributed by atoms with Gasteiger partial charge in [0.25, 0.3) is 0 Å². The molecule has 0 bridgehead atoms. The molecule has 0 radical (unpaired) electrons. The van der Waals surface area contributed by atoms with Crippen molar-refractivity contribution in [2.45, 2.75) is 91.1 Å². The summed E-state index contributed by atoms with van der Waals surface area (Å²) in [7, 11) is 0. The Morgan fingerprint density at radius 1 is 1.14 bits per heavy atom. The van der Waals surface area contributed by atoms with Gasteiger partial charge in [-0.25, -0.2) is 4.79 Å². The molecule has 0 saturated carbocycles. The molecule has 3 unspecified atom stereocenters. The molecule has 5 heteroatoms. The van der Waals surface area contributed by atoms with Crippen molar-refractivity contribution >= 4 is 11.9 Å². The first kappa shape index (κ1) is 18.0. The lowest BCUT2D eigenvalue weighted by Gasteiger charge is -2.32. The van der Waals surface area contributed by atoms with Crippen LogP contribution in [0, 0.1) is 0 Å². The van der Waals surface area contributed by atoms with Crippen LogP contribution in [-0.2, 0) is 14.3 Å². The Morgan fingerprint density at radius 2 is 1.62 bits per heavy atom. The molecule has 5 nitrogen and oxygen atoms in total. The van der Waals surface area contributed by atoms with Gasteiger partial charge in [0.05, 0.1) is 6.04 Å². The van der Waals surface area contributed by atoms with E-state index in [2.05, 4.69) is 24.1 Å². The lowest BCUT2D eigenvalue weighted by molar-refractivity contribution is -0.158. The fraction of sp³-hybridized carbons (Fsp3) is 0.875. The first-order valence-corrected chi connectivity index (χ1v) is 7.83. The Labute approximate surface area is 128 Å². The topological polar surface area (TPSA) is 58.6 Å². The van der Waals surface area contributed by atoms with Crippen molar-refractivity contribution in [1.29, 1.82) is 0 Å². The van der Waals surface area contributed by atoms with Crippen LogP contribution in [0.2, 0.25) is 0 Å². The number of esters is 1. The molecule has 4 atom stereocenters. The monoisotopic (exact) mass is 298 g/mol. The second-order valence-electron chi connectivity index (χ2n) is 7.16. The smallest absolute Gasteiger partial charge is 0.328 e. The van der Waals surface area contributed by atoms with Crippen molar-refractivity contribution in [2.24, 2.45) is 0 Å². The highest BCUT2D eigenvalue weighted by Crippen LogP contribution is 2.25. The minimum atomic E-state index is -0.632. The van der Waals surface area contributed by atoms with E-state index in [4.69, 9.17) is 4.74 Å². The first-order chi connectivity index (χ1) is 9.53. The van der Waals surface area contributed by atoms with E-state index >= 15 is 0 Å². The Kier molecular flexibility index (Phi) is 5.79. The van der Waals surface area contributed by atoms with Gasteiger partial charge in [0.1, 0.15) is 11.6 Å². The van der Waals surface area contributed by atoms with E-state index in [1.165, 1.54) is 0 Å². The number of carbonyl (C=O) groups is 2. The SMILES string of the molecule is CC1CCC(C)N1C(C)C(=O)N[C@H](C)C(=O)OC(C)(C)C. The normalized spacial score (nSPS) is 26.2. The molecule has 1 aliphatic rings. The van der Waals surface area contributed by atoms with Crippen LogP contribution < -0.4 is 5.32 Å². The van der Waals surface area contributed by atoms with Gasteiger partial charge in [0.2, 0.25) is 5.91 Å². The summed E-state index contributed by atoms with van der Waals surface area (Å²) in [5.41, 5.74) is -0.542. The molecule has 0 spiro atoms. The summed E-state index contributed by atoms with van der Waals surface area (Å²) in [6.07, 6.45) is 2.22. The molecule has 21 heavy (non-hydrogen) atoms. The van der Waals surface area contributed by atoms with Crippen molar-refractivity contribution in [3.63, 3.8) is 0 Å². The van der Waals surface area contributed by atoms with Crippen LogP contribution in [0.5, 0.6) is 0 Å². The highest BCUT2D eigenvalue weighted by molar-refractivity contribution is 5.87. The number of nitrogens with one attached hydrogen (secondary N) is 1. The summed E-state index contributed by atoms with van der Waals surface area (Å²) >= 11 is 0. The average molecular weight is 298 g/mol. The fourth-order valence-corrected chi connectivity index (χ4v) is 2.90. The lowest BCUT2D eigenvalue weighted by Crippen LogP contribution is -2.52. The van der Waals surface area contributed by atoms with Gasteiger partial charge in [-0.3, -0.25) is 9.69 Å². The van der Waals surface area contributed by atoms with Gasteiger partial charge >= 0.3 is 5.97 Å². The van der Waals surface area contributed by atoms with Gasteiger partial charge < -0.3 is 10.1 Å². The highest BCUT2D eigenvalue weighted by atomic mass is 16.6. The molecule has 0 aromatic heterocycles. The number of ether oxygens (including phenoxy) is 1. The Balaban J connectivity index is 2.58. The predicted octanol–water partition coefficient (Wildman–Crippen LogP) is 2.09. The molecule has 122 valence electrons. The van der Waals surface area contributed by atoms with Crippen LogP contribution in [0.15, 0.2) is 0 Å². The molecule has 0 aliphatic carbocycles. The van der Waals surface area contributed by atoms with E-state index in [1.54, 1.807) is 6.92 Å². The van der Waals surface area contributed by atoms with Crippen molar-refractivity contribution in [3.8, 4) is 0 Å². The number of rotatable bonds is 4. The molecule has 1 fully saturated rings. The van der Waals surface area contributed by atoms with Crippen molar-refractivity contribution in [1.82, 2.24) is 10.2 Å². The molecule has 1 N–H and O–H groups in total. The molecular weight excluding hydrogens is 268 g/mol. The maximum absolute atomic E-state index is 12.3. The van der Waals surface area contributed by atoms with Gasteiger partial charge in [-0.1, -0.05) is 0 Å². The lowest BCUT2D eigenvalue weighted by atomic mass is 10.1. The van der Waals surface area contributed by atoms with Crippen LogP contribution in [0.3, 0.4) is 0 Å². The zero-order valence-corrected chi connectivity index (χ0v) is 14.4. The van der Waals surface area contributed by atoms with Gasteiger partial charge in [-0.2, -0.15) is 0 Å². The number of nitrogens with zero attached hydrogens (tertiary/aromatic N) is 1. The van der Waals surface area contributed by atoms with E-state index in [0.717, 1.165) is 12.8 Å². The summed E-state index contributed by atoms with van der Waals surface area (Å²) in [5, 5.41) is 2.76. The third-order valence-electron chi connectivity index (χ3n) is 3.97. The number of hydrogen-bond donors (Lipinski definition) is 1. The van der Waals surface area contributed by atoms with Crippen LogP contribution in [0.4, 0.5) is 0 Å². The van der Waals surface area contributed by atoms with E-state index in [-0.39, 0.29) is 11.9 Å². The van der Waals surface area contributed by atoms with E-state index in [0.29, 0.717) is 12.1 Å². The summed E-state index contributed by atoms with van der Waals surface area (Å²) < 4.78 is 5.28. The quantitative estimate of drug-likeness (QED) is 0.808. The third-order valence-corrected chi connectivity index (χ3v) is 3.97. The molecule has 1 rings (SSSR count). The number of amides is 1. The molecule has 1 saturated heterocycles. The van der Waals surface area contributed by atoms with E-state index < -0.39 is 17.6 Å². The van der Waals surface area contributed by atoms with Crippen LogP contribution in [0.1, 0.15) is 61.3 Å². The zero-order chi connectivity index (χ0) is 16.4. The molecule has 0 aromatic carbocycles. The standard InChI is InChI=1S/C16H30N2O3/c1-10-8-9-11(2)18(10)13(4)14(19)17-12(3)15(20)21-16(5,6)7/h10-13H,8-9H2,1-7H3,(H,17,19)/t10?,11?,12-,13?/m1/s1. The summed E-state index contributed by atoms with van der Waals surface area (Å²) in [4.78, 5) is 26.5. The van der Waals surface area contributed by atoms with Crippen LogP contribution >= 0.6 is 0 Å². The minimum absolute atomic E-state index is 0.117. The summed E-state index contributed by atoms with van der Waals surface area (Å²) in [5.74, 6) is -0.514. The molecule has 1 heterocycles. The molecule has 1 aliphatic heterocycles. The Hall–Kier alpha value is -1.10. The van der Waals surface area contributed by atoms with Crippen LogP contribution in [-0.4, -0.2) is 46.5 Å². The average Bonchev–Trinajstić information content (AvgIpc) is 2.65. The van der Waals surface area contributed by atoms with Gasteiger partial charge in [-0.15, -0.1) is 0 Å². The molecule has 1 amide bonds. The second kappa shape index (κ2) is 6.77. The second-order valence-corrected chi connectivity index (χ2v) is 7.16. The van der Waals surface area contributed by atoms with E-state index in [9.17, 15) is 9.59 Å². The maximum atomic E-state index is 12.3. The minimum Gasteiger partial charge on any atom is -0.458 e. The van der Waals surface area contributed by atoms with Crippen molar-refractivity contribution in [2.75, 3.05) is 0 Å². The molecule has 0 aromatic rings.